The standard InChI is InChI=1S/C6H4BrO/c7-5-3-1-2-4-6(5)8/h1-2H,4H2. The van der Waals surface area contributed by atoms with Gasteiger partial charge in [-0.15, -0.1) is 0 Å². The molecular formula is C6H4BrO. The Morgan fingerprint density at radius 2 is 2.50 bits per heavy atom. The fraction of sp³-hybridized carbons (Fsp3) is 0.167. The predicted octanol–water partition coefficient (Wildman–Crippen LogP) is 1.60. The maximum Gasteiger partial charge on any atom is 0.174 e. The zero-order valence-electron chi connectivity index (χ0n) is 4.15. The Kier molecular flexibility index (Phi) is 1.63. The molecule has 0 atom stereocenters. The number of ketones is 1. The Hall–Kier alpha value is -0.370. The fourth-order valence-corrected chi connectivity index (χ4v) is 0.762. The second-order valence-corrected chi connectivity index (χ2v) is 2.28. The van der Waals surface area contributed by atoms with Crippen molar-refractivity contribution in [2.24, 2.45) is 0 Å². The van der Waals surface area contributed by atoms with Crippen molar-refractivity contribution in [1.29, 1.82) is 0 Å². The van der Waals surface area contributed by atoms with Crippen molar-refractivity contribution in [2.75, 3.05) is 0 Å². The van der Waals surface area contributed by atoms with E-state index in [1.54, 1.807) is 12.2 Å². The smallest absolute Gasteiger partial charge is 0.174 e. The van der Waals surface area contributed by atoms with Crippen molar-refractivity contribution in [3.05, 3.63) is 22.7 Å². The number of carbonyl (C=O) groups excluding carboxylic acids is 1. The van der Waals surface area contributed by atoms with E-state index in [9.17, 15) is 4.79 Å². The highest BCUT2D eigenvalue weighted by Gasteiger charge is 2.05. The van der Waals surface area contributed by atoms with Gasteiger partial charge in [0.05, 0.1) is 4.48 Å². The van der Waals surface area contributed by atoms with Gasteiger partial charge in [0.15, 0.2) is 5.78 Å². The lowest BCUT2D eigenvalue weighted by atomic mass is 10.2. The van der Waals surface area contributed by atoms with Crippen LogP contribution in [0.3, 0.4) is 0 Å². The Morgan fingerprint density at radius 1 is 1.75 bits per heavy atom. The minimum atomic E-state index is 0.104. The van der Waals surface area contributed by atoms with E-state index < -0.39 is 0 Å². The maximum absolute atomic E-state index is 10.6. The summed E-state index contributed by atoms with van der Waals surface area (Å²) in [5.74, 6) is 0.104. The zero-order valence-corrected chi connectivity index (χ0v) is 5.73. The summed E-state index contributed by atoms with van der Waals surface area (Å²) < 4.78 is 0.556. The van der Waals surface area contributed by atoms with Crippen LogP contribution >= 0.6 is 15.9 Å². The summed E-state index contributed by atoms with van der Waals surface area (Å²) in [4.78, 5) is 10.6. The second kappa shape index (κ2) is 2.27. The van der Waals surface area contributed by atoms with Gasteiger partial charge in [-0.3, -0.25) is 4.79 Å². The van der Waals surface area contributed by atoms with Crippen molar-refractivity contribution in [3.63, 3.8) is 0 Å². The molecule has 1 rings (SSSR count). The van der Waals surface area contributed by atoms with Gasteiger partial charge in [-0.2, -0.15) is 0 Å². The molecule has 1 aliphatic rings. The molecule has 8 heavy (non-hydrogen) atoms. The summed E-state index contributed by atoms with van der Waals surface area (Å²) in [6.07, 6.45) is 6.77. The minimum absolute atomic E-state index is 0.104. The average molecular weight is 172 g/mol. The van der Waals surface area contributed by atoms with E-state index in [-0.39, 0.29) is 5.78 Å². The van der Waals surface area contributed by atoms with Crippen LogP contribution in [0.2, 0.25) is 0 Å². The third kappa shape index (κ3) is 1.07. The van der Waals surface area contributed by atoms with Crippen LogP contribution in [-0.4, -0.2) is 5.78 Å². The maximum atomic E-state index is 10.6. The molecule has 41 valence electrons. The number of hydrogen-bond donors (Lipinski definition) is 0. The molecule has 0 aromatic heterocycles. The Morgan fingerprint density at radius 3 is 2.88 bits per heavy atom. The van der Waals surface area contributed by atoms with Gasteiger partial charge < -0.3 is 0 Å². The van der Waals surface area contributed by atoms with Gasteiger partial charge in [0, 0.05) is 12.5 Å². The van der Waals surface area contributed by atoms with Gasteiger partial charge in [-0.25, -0.2) is 0 Å². The molecule has 0 aliphatic heterocycles. The van der Waals surface area contributed by atoms with Crippen LogP contribution in [0.5, 0.6) is 0 Å². The lowest BCUT2D eigenvalue weighted by molar-refractivity contribution is -0.114. The second-order valence-electron chi connectivity index (χ2n) is 1.49. The van der Waals surface area contributed by atoms with Crippen LogP contribution in [0, 0.1) is 6.08 Å². The molecule has 0 aromatic rings. The van der Waals surface area contributed by atoms with Crippen LogP contribution in [-0.2, 0) is 4.79 Å². The first-order valence-corrected chi connectivity index (χ1v) is 3.07. The van der Waals surface area contributed by atoms with E-state index in [1.807, 2.05) is 0 Å². The van der Waals surface area contributed by atoms with Gasteiger partial charge in [0.2, 0.25) is 0 Å². The Bertz CT molecular complexity index is 167. The summed E-state index contributed by atoms with van der Waals surface area (Å²) in [6, 6.07) is 0. The molecule has 2 heteroatoms. The van der Waals surface area contributed by atoms with E-state index in [4.69, 9.17) is 0 Å². The number of hydrogen-bond acceptors (Lipinski definition) is 1. The van der Waals surface area contributed by atoms with Crippen LogP contribution in [0.25, 0.3) is 0 Å². The summed E-state index contributed by atoms with van der Waals surface area (Å²) in [6.45, 7) is 0. The fourth-order valence-electron chi connectivity index (χ4n) is 0.468. The largest absolute Gasteiger partial charge is 0.293 e. The molecule has 1 aliphatic carbocycles. The molecule has 0 amide bonds. The number of halogens is 1. The van der Waals surface area contributed by atoms with Crippen molar-refractivity contribution in [3.8, 4) is 0 Å². The third-order valence-corrected chi connectivity index (χ3v) is 1.55. The molecule has 0 bridgehead atoms. The van der Waals surface area contributed by atoms with Crippen molar-refractivity contribution < 1.29 is 4.79 Å². The molecule has 0 spiro atoms. The molecular weight excluding hydrogens is 168 g/mol. The predicted molar refractivity (Wildman–Crippen MR) is 34.4 cm³/mol. The first kappa shape index (κ1) is 5.76. The minimum Gasteiger partial charge on any atom is -0.293 e. The summed E-state index contributed by atoms with van der Waals surface area (Å²) in [5, 5.41) is 0. The summed E-state index contributed by atoms with van der Waals surface area (Å²) in [7, 11) is 0. The summed E-state index contributed by atoms with van der Waals surface area (Å²) >= 11 is 3.06. The molecule has 0 saturated carbocycles. The molecule has 0 unspecified atom stereocenters. The highest BCUT2D eigenvalue weighted by molar-refractivity contribution is 9.12. The molecule has 0 fully saturated rings. The monoisotopic (exact) mass is 171 g/mol. The van der Waals surface area contributed by atoms with E-state index in [2.05, 4.69) is 22.0 Å². The number of rotatable bonds is 0. The summed E-state index contributed by atoms with van der Waals surface area (Å²) in [5.41, 5.74) is 0. The molecule has 1 nitrogen and oxygen atoms in total. The van der Waals surface area contributed by atoms with Gasteiger partial charge >= 0.3 is 0 Å². The quantitative estimate of drug-likeness (QED) is 0.542. The first-order valence-electron chi connectivity index (χ1n) is 2.28. The molecule has 1 radical (unpaired) electrons. The average Bonchev–Trinajstić information content (AvgIpc) is 1.77. The Balaban J connectivity index is 2.80. The van der Waals surface area contributed by atoms with Crippen LogP contribution in [0.1, 0.15) is 6.42 Å². The topological polar surface area (TPSA) is 17.1 Å². The number of allylic oxidation sites excluding steroid dienone is 4. The van der Waals surface area contributed by atoms with Crippen molar-refractivity contribution in [1.82, 2.24) is 0 Å². The Labute approximate surface area is 56.2 Å². The molecule has 0 N–H and O–H groups in total. The first-order chi connectivity index (χ1) is 3.80. The SMILES string of the molecule is O=C1CC=C[C]=C1Br. The van der Waals surface area contributed by atoms with E-state index in [1.165, 1.54) is 0 Å². The van der Waals surface area contributed by atoms with Gasteiger partial charge in [0.25, 0.3) is 0 Å². The van der Waals surface area contributed by atoms with E-state index in [0.29, 0.717) is 10.9 Å². The molecule has 0 heterocycles. The zero-order chi connectivity index (χ0) is 5.98. The van der Waals surface area contributed by atoms with Crippen LogP contribution in [0.15, 0.2) is 16.6 Å². The van der Waals surface area contributed by atoms with Crippen molar-refractivity contribution in [2.45, 2.75) is 6.42 Å². The third-order valence-electron chi connectivity index (χ3n) is 0.876. The lowest BCUT2D eigenvalue weighted by Crippen LogP contribution is -1.97. The van der Waals surface area contributed by atoms with Gasteiger partial charge in [0.1, 0.15) is 0 Å². The van der Waals surface area contributed by atoms with Gasteiger partial charge in [-0.05, 0) is 15.9 Å². The normalized spacial score (nSPS) is 18.6. The van der Waals surface area contributed by atoms with Gasteiger partial charge in [-0.1, -0.05) is 12.2 Å². The number of carbonyl (C=O) groups is 1. The van der Waals surface area contributed by atoms with Crippen molar-refractivity contribution >= 4 is 21.7 Å². The van der Waals surface area contributed by atoms with E-state index in [0.717, 1.165) is 0 Å². The molecule has 0 aromatic carbocycles. The highest BCUT2D eigenvalue weighted by atomic mass is 79.9. The van der Waals surface area contributed by atoms with Crippen LogP contribution in [0.4, 0.5) is 0 Å². The molecule has 0 saturated heterocycles. The lowest BCUT2D eigenvalue weighted by Gasteiger charge is -1.95. The van der Waals surface area contributed by atoms with E-state index >= 15 is 0 Å². The highest BCUT2D eigenvalue weighted by Crippen LogP contribution is 2.12. The number of Topliss-reactive ketones (excluding diaryl/α,β-unsaturated/α-hetero) is 1. The van der Waals surface area contributed by atoms with Crippen LogP contribution < -0.4 is 0 Å².